The number of hydrogen-bond donors (Lipinski definition) is 4. The lowest BCUT2D eigenvalue weighted by molar-refractivity contribution is 0.0179. The minimum Gasteiger partial charge on any atom is -0.760 e. The maximum Gasteiger partial charge on any atom is 0.323 e. The molecule has 0 spiro atoms. The zero-order valence-corrected chi connectivity index (χ0v) is 32.8. The predicted octanol–water partition coefficient (Wildman–Crippen LogP) is 7.06. The number of nitrogens with one attached hydrogen (secondary N) is 4. The molecule has 1 aromatic heterocycles. The smallest absolute Gasteiger partial charge is 0.323 e. The van der Waals surface area contributed by atoms with Crippen LogP contribution in [0.3, 0.4) is 0 Å². The number of fused-ring (bicyclic) bond motifs is 1. The number of nitrogens with zero attached hydrogens (tertiary/aromatic N) is 2. The summed E-state index contributed by atoms with van der Waals surface area (Å²) in [5.41, 5.74) is 3.13. The van der Waals surface area contributed by atoms with Gasteiger partial charge in [-0.2, -0.15) is 4.98 Å². The summed E-state index contributed by atoms with van der Waals surface area (Å²) in [5.74, 6) is 2.24. The van der Waals surface area contributed by atoms with Gasteiger partial charge in [0, 0.05) is 77.5 Å². The SMILES string of the molecule is COCCOCCOCCOc1cc(Nc2nccc(Oc3ccc(NC(=O)Nc4cc(CNS(=O)[O-])cc(C(C)(C)C)c4)c4ccccc34)n2)cc(OC)c1. The zero-order valence-electron chi connectivity index (χ0n) is 32.0. The zero-order chi connectivity index (χ0) is 39.9. The quantitative estimate of drug-likeness (QED) is 0.0466. The van der Waals surface area contributed by atoms with Gasteiger partial charge in [0.15, 0.2) is 0 Å². The molecule has 1 unspecified atom stereocenters. The Hall–Kier alpha value is -5.36. The summed E-state index contributed by atoms with van der Waals surface area (Å²) >= 11 is -2.42. The molecule has 0 radical (unpaired) electrons. The van der Waals surface area contributed by atoms with Crippen molar-refractivity contribution in [1.82, 2.24) is 14.7 Å². The molecule has 15 nitrogen and oxygen atoms in total. The van der Waals surface area contributed by atoms with Crippen LogP contribution < -0.4 is 34.9 Å². The van der Waals surface area contributed by atoms with Crippen LogP contribution in [0.1, 0.15) is 31.9 Å². The third kappa shape index (κ3) is 12.9. The Morgan fingerprint density at radius 1 is 0.804 bits per heavy atom. The van der Waals surface area contributed by atoms with E-state index in [9.17, 15) is 13.6 Å². The molecular formula is C40H47N6O9S-. The molecule has 0 aliphatic carbocycles. The monoisotopic (exact) mass is 787 g/mol. The fourth-order valence-corrected chi connectivity index (χ4v) is 5.71. The third-order valence-corrected chi connectivity index (χ3v) is 8.54. The fraction of sp³-hybridized carbons (Fsp3) is 0.325. The largest absolute Gasteiger partial charge is 0.760 e. The molecule has 4 aromatic carbocycles. The van der Waals surface area contributed by atoms with Crippen molar-refractivity contribution < 1.29 is 42.0 Å². The van der Waals surface area contributed by atoms with Crippen molar-refractivity contribution in [1.29, 1.82) is 0 Å². The van der Waals surface area contributed by atoms with Crippen LogP contribution in [-0.4, -0.2) is 78.6 Å². The molecule has 0 aliphatic heterocycles. The summed E-state index contributed by atoms with van der Waals surface area (Å²) in [6, 6.07) is 23.1. The van der Waals surface area contributed by atoms with Crippen molar-refractivity contribution in [2.24, 2.45) is 0 Å². The highest BCUT2D eigenvalue weighted by Gasteiger charge is 2.17. The Morgan fingerprint density at radius 2 is 1.54 bits per heavy atom. The Kier molecular flexibility index (Phi) is 15.3. The van der Waals surface area contributed by atoms with Crippen molar-refractivity contribution in [3.63, 3.8) is 0 Å². The van der Waals surface area contributed by atoms with Crippen LogP contribution in [0.4, 0.5) is 27.8 Å². The average Bonchev–Trinajstić information content (AvgIpc) is 3.17. The van der Waals surface area contributed by atoms with Gasteiger partial charge >= 0.3 is 6.03 Å². The number of amides is 2. The highest BCUT2D eigenvalue weighted by Crippen LogP contribution is 2.35. The van der Waals surface area contributed by atoms with E-state index in [2.05, 4.69) is 30.6 Å². The van der Waals surface area contributed by atoms with Gasteiger partial charge in [-0.15, -0.1) is 0 Å². The number of carbonyl (C=O) groups excluding carboxylic acids is 1. The minimum atomic E-state index is -2.42. The van der Waals surface area contributed by atoms with E-state index in [1.54, 1.807) is 62.9 Å². The molecule has 16 heteroatoms. The Balaban J connectivity index is 1.24. The lowest BCUT2D eigenvalue weighted by Gasteiger charge is -2.22. The molecule has 1 atom stereocenters. The summed E-state index contributed by atoms with van der Waals surface area (Å²) in [6.07, 6.45) is 1.58. The molecular weight excluding hydrogens is 741 g/mol. The molecule has 298 valence electrons. The number of aromatic nitrogens is 2. The van der Waals surface area contributed by atoms with E-state index >= 15 is 0 Å². The summed E-state index contributed by atoms with van der Waals surface area (Å²) in [5, 5.41) is 10.5. The molecule has 5 aromatic rings. The number of hydrogen-bond acceptors (Lipinski definition) is 12. The van der Waals surface area contributed by atoms with Gasteiger partial charge in [-0.3, -0.25) is 4.21 Å². The maximum absolute atomic E-state index is 13.3. The van der Waals surface area contributed by atoms with Gasteiger partial charge in [-0.05, 0) is 40.8 Å². The lowest BCUT2D eigenvalue weighted by atomic mass is 9.86. The first kappa shape index (κ1) is 41.8. The fourth-order valence-electron chi connectivity index (χ4n) is 5.42. The normalized spacial score (nSPS) is 11.9. The highest BCUT2D eigenvalue weighted by molar-refractivity contribution is 7.77. The molecule has 0 fully saturated rings. The number of ether oxygens (including phenoxy) is 6. The number of methoxy groups -OCH3 is 2. The number of benzene rings is 4. The van der Waals surface area contributed by atoms with Crippen LogP contribution >= 0.6 is 0 Å². The van der Waals surface area contributed by atoms with Crippen LogP contribution in [0.15, 0.2) is 85.1 Å². The topological polar surface area (TPSA) is 186 Å². The van der Waals surface area contributed by atoms with Crippen LogP contribution in [0.5, 0.6) is 23.1 Å². The first-order valence-electron chi connectivity index (χ1n) is 17.8. The molecule has 0 saturated carbocycles. The first-order chi connectivity index (χ1) is 27.0. The standard InChI is InChI=1S/C40H48N6O9S/c1-40(2,3)28-20-27(26-42-56(48)49)21-29(22-28)44-39(47)45-35-10-11-36(34-9-7-6-8-33(34)35)55-37-12-13-41-38(46-37)43-30-23-31(51-5)25-32(24-30)54-19-18-53-17-16-52-15-14-50-4/h6-13,20-25,42H,14-19,26H2,1-5H3,(H,48,49)(H,41,43,46)(H2,44,45,47)/p-1. The molecule has 0 bridgehead atoms. The maximum atomic E-state index is 13.3. The van der Waals surface area contributed by atoms with Gasteiger partial charge < -0.3 is 48.9 Å². The molecule has 5 rings (SSSR count). The summed E-state index contributed by atoms with van der Waals surface area (Å²) in [4.78, 5) is 22.2. The van der Waals surface area contributed by atoms with Gasteiger partial charge in [-0.1, -0.05) is 51.1 Å². The number of rotatable bonds is 20. The van der Waals surface area contributed by atoms with Gasteiger partial charge in [0.1, 0.15) is 23.9 Å². The Morgan fingerprint density at radius 3 is 2.27 bits per heavy atom. The van der Waals surface area contributed by atoms with Crippen LogP contribution in [0, 0.1) is 0 Å². The average molecular weight is 788 g/mol. The first-order valence-corrected chi connectivity index (χ1v) is 18.9. The molecule has 4 N–H and O–H groups in total. The number of urea groups is 1. The van der Waals surface area contributed by atoms with Gasteiger partial charge in [-0.25, -0.2) is 14.5 Å². The second kappa shape index (κ2) is 20.5. The number of anilines is 4. The highest BCUT2D eigenvalue weighted by atomic mass is 32.2. The molecule has 1 heterocycles. The molecule has 0 aliphatic rings. The molecule has 0 saturated heterocycles. The van der Waals surface area contributed by atoms with E-state index in [4.69, 9.17) is 28.4 Å². The van der Waals surface area contributed by atoms with Crippen molar-refractivity contribution in [2.75, 3.05) is 69.8 Å². The molecule has 56 heavy (non-hydrogen) atoms. The second-order valence-electron chi connectivity index (χ2n) is 13.4. The molecule has 2 amide bonds. The Bertz CT molecular complexity index is 2100. The second-order valence-corrected chi connectivity index (χ2v) is 14.1. The van der Waals surface area contributed by atoms with Crippen molar-refractivity contribution in [2.45, 2.75) is 32.7 Å². The van der Waals surface area contributed by atoms with E-state index < -0.39 is 17.3 Å². The third-order valence-electron chi connectivity index (χ3n) is 8.16. The summed E-state index contributed by atoms with van der Waals surface area (Å²) < 4.78 is 58.2. The predicted molar refractivity (Wildman–Crippen MR) is 215 cm³/mol. The summed E-state index contributed by atoms with van der Waals surface area (Å²) in [6.45, 7) is 8.92. The summed E-state index contributed by atoms with van der Waals surface area (Å²) in [7, 11) is 3.20. The van der Waals surface area contributed by atoms with Crippen LogP contribution in [0.2, 0.25) is 0 Å². The van der Waals surface area contributed by atoms with Crippen LogP contribution in [-0.2, 0) is 37.4 Å². The van der Waals surface area contributed by atoms with Gasteiger partial charge in [0.25, 0.3) is 0 Å². The van der Waals surface area contributed by atoms with E-state index in [-0.39, 0.29) is 17.9 Å². The minimum absolute atomic E-state index is 0.0907. The number of carbonyl (C=O) groups is 1. The van der Waals surface area contributed by atoms with Crippen LogP contribution in [0.25, 0.3) is 10.8 Å². The van der Waals surface area contributed by atoms with Crippen molar-refractivity contribution >= 4 is 51.1 Å². The van der Waals surface area contributed by atoms with E-state index in [0.29, 0.717) is 85.4 Å². The van der Waals surface area contributed by atoms with Gasteiger partial charge in [0.2, 0.25) is 11.8 Å². The van der Waals surface area contributed by atoms with Gasteiger partial charge in [0.05, 0.1) is 45.8 Å². The van der Waals surface area contributed by atoms with Crippen molar-refractivity contribution in [3.05, 3.63) is 96.2 Å². The Labute approximate surface area is 328 Å². The van der Waals surface area contributed by atoms with E-state index in [1.165, 1.54) is 0 Å². The van der Waals surface area contributed by atoms with E-state index in [1.807, 2.05) is 57.2 Å². The lowest BCUT2D eigenvalue weighted by Crippen LogP contribution is -2.21. The van der Waals surface area contributed by atoms with Crippen molar-refractivity contribution in [3.8, 4) is 23.1 Å². The van der Waals surface area contributed by atoms with E-state index in [0.717, 1.165) is 16.3 Å².